The third kappa shape index (κ3) is 6.86. The topological polar surface area (TPSA) is 43.6 Å². The number of nitrogens with zero attached hydrogens (tertiary/aromatic N) is 4. The van der Waals surface area contributed by atoms with Crippen LogP contribution in [0.5, 0.6) is 0 Å². The average molecular weight is 783 g/mol. The summed E-state index contributed by atoms with van der Waals surface area (Å²) in [4.78, 5) is 15.3. The largest absolute Gasteiger partial charge is 0.309 e. The van der Waals surface area contributed by atoms with E-state index in [2.05, 4.69) is 84.9 Å². The third-order valence-electron chi connectivity index (χ3n) is 11.2. The molecule has 0 saturated heterocycles. The summed E-state index contributed by atoms with van der Waals surface area (Å²) in [6.45, 7) is 0. The van der Waals surface area contributed by atoms with Gasteiger partial charge in [0.05, 0.1) is 16.5 Å². The highest BCUT2D eigenvalue weighted by molar-refractivity contribution is 6.13. The molecular formula is C57H38N4. The summed E-state index contributed by atoms with van der Waals surface area (Å²) in [5.41, 5.74) is 12.7. The maximum absolute atomic E-state index is 9.31. The van der Waals surface area contributed by atoms with Crippen LogP contribution < -0.4 is 0 Å². The molecule has 61 heavy (non-hydrogen) atoms. The van der Waals surface area contributed by atoms with E-state index >= 15 is 0 Å². The van der Waals surface area contributed by atoms with Crippen LogP contribution in [0.4, 0.5) is 0 Å². The second-order valence-electron chi connectivity index (χ2n) is 14.9. The van der Waals surface area contributed by atoms with Gasteiger partial charge < -0.3 is 4.57 Å². The first kappa shape index (κ1) is 31.7. The van der Waals surface area contributed by atoms with Gasteiger partial charge in [0.25, 0.3) is 0 Å². The quantitative estimate of drug-likeness (QED) is 0.154. The van der Waals surface area contributed by atoms with Crippen molar-refractivity contribution in [3.05, 3.63) is 230 Å². The summed E-state index contributed by atoms with van der Waals surface area (Å²) < 4.78 is 37.9. The number of aromatic nitrogens is 4. The van der Waals surface area contributed by atoms with Crippen LogP contribution in [0.15, 0.2) is 230 Å². The number of rotatable bonds is 8. The van der Waals surface area contributed by atoms with E-state index < -0.39 is 0 Å². The van der Waals surface area contributed by atoms with Gasteiger partial charge in [-0.15, -0.1) is 0 Å². The zero-order valence-corrected chi connectivity index (χ0v) is 32.9. The van der Waals surface area contributed by atoms with Gasteiger partial charge in [-0.1, -0.05) is 212 Å². The summed E-state index contributed by atoms with van der Waals surface area (Å²) in [5.74, 6) is 1.51. The van der Waals surface area contributed by atoms with Gasteiger partial charge in [-0.25, -0.2) is 15.0 Å². The Balaban J connectivity index is 1.09. The van der Waals surface area contributed by atoms with Gasteiger partial charge in [0.15, 0.2) is 17.5 Å². The molecule has 4 heteroatoms. The minimum absolute atomic E-state index is 0.0826. The maximum atomic E-state index is 9.31. The summed E-state index contributed by atoms with van der Waals surface area (Å²) in [6, 6.07) is 68.7. The average Bonchev–Trinajstić information content (AvgIpc) is 3.74. The lowest BCUT2D eigenvalue weighted by Crippen LogP contribution is -2.01. The summed E-state index contributed by atoms with van der Waals surface area (Å²) >= 11 is 0. The molecule has 4 nitrogen and oxygen atoms in total. The van der Waals surface area contributed by atoms with Gasteiger partial charge in [-0.2, -0.15) is 0 Å². The van der Waals surface area contributed by atoms with Crippen LogP contribution >= 0.6 is 0 Å². The third-order valence-corrected chi connectivity index (χ3v) is 11.2. The normalized spacial score (nSPS) is 12.2. The van der Waals surface area contributed by atoms with Crippen LogP contribution in [0, 0.1) is 0 Å². The second kappa shape index (κ2) is 15.5. The van der Waals surface area contributed by atoms with Crippen LogP contribution in [-0.2, 0) is 0 Å². The Kier molecular flexibility index (Phi) is 8.07. The molecule has 0 unspecified atom stereocenters. The molecule has 286 valence electrons. The first-order chi connectivity index (χ1) is 31.9. The Morgan fingerprint density at radius 2 is 0.738 bits per heavy atom. The van der Waals surface area contributed by atoms with Crippen LogP contribution in [0.2, 0.25) is 0 Å². The highest BCUT2D eigenvalue weighted by Gasteiger charge is 2.19. The van der Waals surface area contributed by atoms with E-state index in [4.69, 9.17) is 19.1 Å². The highest BCUT2D eigenvalue weighted by Crippen LogP contribution is 2.39. The second-order valence-corrected chi connectivity index (χ2v) is 14.9. The van der Waals surface area contributed by atoms with Gasteiger partial charge in [0.2, 0.25) is 0 Å². The highest BCUT2D eigenvalue weighted by atomic mass is 15.0. The van der Waals surface area contributed by atoms with E-state index in [1.54, 1.807) is 0 Å². The number of fused-ring (bicyclic) bond motifs is 3. The zero-order valence-electron chi connectivity index (χ0n) is 36.9. The Morgan fingerprint density at radius 1 is 0.328 bits per heavy atom. The Bertz CT molecular complexity index is 3440. The van der Waals surface area contributed by atoms with Crippen molar-refractivity contribution >= 4 is 21.8 Å². The van der Waals surface area contributed by atoms with Gasteiger partial charge in [0.1, 0.15) is 0 Å². The van der Waals surface area contributed by atoms with Crippen molar-refractivity contribution < 1.29 is 5.48 Å². The standard InChI is InChI=1S/C57H38N4/c1-4-14-39(15-5-1)42-26-32-45(33-27-42)50-23-13-24-52-51-22-10-11-25-53(51)61(54(50)52)49-21-12-20-48(38-49)57-59-55(46-34-28-43(29-35-46)40-16-6-2-7-17-40)58-56(60-57)47-36-30-44(31-37-47)41-18-8-3-9-19-41/h1-38H/i10D,11D,22D,25D. The molecule has 9 aromatic carbocycles. The monoisotopic (exact) mass is 782 g/mol. The minimum Gasteiger partial charge on any atom is -0.309 e. The molecule has 0 fully saturated rings. The van der Waals surface area contributed by atoms with E-state index in [1.807, 2.05) is 126 Å². The van der Waals surface area contributed by atoms with Gasteiger partial charge in [-0.3, -0.25) is 0 Å². The van der Waals surface area contributed by atoms with E-state index in [9.17, 15) is 1.37 Å². The molecule has 0 aliphatic carbocycles. The Morgan fingerprint density at radius 3 is 1.26 bits per heavy atom. The number of para-hydroxylation sites is 2. The van der Waals surface area contributed by atoms with Gasteiger partial charge in [0, 0.05) is 38.7 Å². The molecule has 11 rings (SSSR count). The predicted molar refractivity (Wildman–Crippen MR) is 252 cm³/mol. The van der Waals surface area contributed by atoms with Crippen molar-refractivity contribution in [2.45, 2.75) is 0 Å². The van der Waals surface area contributed by atoms with Crippen molar-refractivity contribution in [3.8, 4) is 84.4 Å². The lowest BCUT2D eigenvalue weighted by molar-refractivity contribution is 1.07. The smallest absolute Gasteiger partial charge is 0.164 e. The van der Waals surface area contributed by atoms with Crippen molar-refractivity contribution in [3.63, 3.8) is 0 Å². The van der Waals surface area contributed by atoms with E-state index in [1.165, 1.54) is 0 Å². The van der Waals surface area contributed by atoms with Gasteiger partial charge in [-0.05, 0) is 57.1 Å². The minimum atomic E-state index is -0.292. The zero-order chi connectivity index (χ0) is 44.0. The SMILES string of the molecule is [2H]c1c([2H])c([2H])c2c(c1[2H])c1cccc(-c3ccc(-c4ccccc4)cc3)c1n2-c1cccc(-c2nc(-c3ccc(-c4ccccc4)cc3)nc(-c3ccc(-c4ccccc4)cc3)n2)c1. The fraction of sp³-hybridized carbons (Fsp3) is 0. The molecule has 0 bridgehead atoms. The molecular weight excluding hydrogens is 741 g/mol. The predicted octanol–water partition coefficient (Wildman–Crippen LogP) is 14.6. The van der Waals surface area contributed by atoms with Crippen molar-refractivity contribution in [2.75, 3.05) is 0 Å². The number of hydrogen-bond acceptors (Lipinski definition) is 3. The van der Waals surface area contributed by atoms with Crippen LogP contribution in [0.3, 0.4) is 0 Å². The summed E-state index contributed by atoms with van der Waals surface area (Å²) in [6.07, 6.45) is 0. The number of benzene rings is 9. The van der Waals surface area contributed by atoms with Crippen LogP contribution in [0.1, 0.15) is 5.48 Å². The number of hydrogen-bond donors (Lipinski definition) is 0. The summed E-state index contributed by atoms with van der Waals surface area (Å²) in [7, 11) is 0. The molecule has 0 amide bonds. The van der Waals surface area contributed by atoms with Crippen molar-refractivity contribution in [1.29, 1.82) is 0 Å². The fourth-order valence-electron chi connectivity index (χ4n) is 8.16. The molecule has 2 heterocycles. The first-order valence-electron chi connectivity index (χ1n) is 22.3. The lowest BCUT2D eigenvalue weighted by atomic mass is 9.98. The van der Waals surface area contributed by atoms with Crippen molar-refractivity contribution in [2.24, 2.45) is 0 Å². The molecule has 0 aliphatic rings. The Labute approximate surface area is 360 Å². The van der Waals surface area contributed by atoms with Crippen LogP contribution in [0.25, 0.3) is 106 Å². The fourth-order valence-corrected chi connectivity index (χ4v) is 8.16. The molecule has 11 aromatic rings. The lowest BCUT2D eigenvalue weighted by Gasteiger charge is -2.14. The van der Waals surface area contributed by atoms with E-state index in [0.717, 1.165) is 72.1 Å². The van der Waals surface area contributed by atoms with Crippen molar-refractivity contribution in [1.82, 2.24) is 19.5 Å². The van der Waals surface area contributed by atoms with E-state index in [0.29, 0.717) is 34.1 Å². The molecule has 0 spiro atoms. The van der Waals surface area contributed by atoms with E-state index in [-0.39, 0.29) is 24.2 Å². The molecule has 0 aliphatic heterocycles. The van der Waals surface area contributed by atoms with Gasteiger partial charge >= 0.3 is 0 Å². The maximum Gasteiger partial charge on any atom is 0.164 e. The molecule has 0 radical (unpaired) electrons. The molecule has 0 atom stereocenters. The molecule has 2 aromatic heterocycles. The first-order valence-corrected chi connectivity index (χ1v) is 20.3. The summed E-state index contributed by atoms with van der Waals surface area (Å²) in [5, 5.41) is 1.19. The Hall–Kier alpha value is -8.21. The van der Waals surface area contributed by atoms with Crippen LogP contribution in [-0.4, -0.2) is 19.5 Å². The molecule has 0 N–H and O–H groups in total. The molecule has 0 saturated carbocycles.